The minimum absolute atomic E-state index is 0.0429. The van der Waals surface area contributed by atoms with Gasteiger partial charge in [0.2, 0.25) is 0 Å². The van der Waals surface area contributed by atoms with Crippen molar-refractivity contribution in [3.8, 4) is 17.2 Å². The molecule has 14 heteroatoms. The molecule has 0 aliphatic carbocycles. The zero-order valence-corrected chi connectivity index (χ0v) is 34.1. The molecule has 0 spiro atoms. The summed E-state index contributed by atoms with van der Waals surface area (Å²) in [6.45, 7) is 4.79. The molecule has 0 fully saturated rings. The second kappa shape index (κ2) is 16.7. The first kappa shape index (κ1) is 40.0. The molecule has 7 rings (SSSR count). The molecule has 3 amide bonds. The number of halogens is 1. The maximum absolute atomic E-state index is 14.6. The molecular weight excluding hydrogens is 778 g/mol. The molecule has 58 heavy (non-hydrogen) atoms. The minimum Gasteiger partial charge on any atom is -0.493 e. The summed E-state index contributed by atoms with van der Waals surface area (Å²) in [5, 5.41) is 6.33. The first-order chi connectivity index (χ1) is 27.9. The molecule has 1 aliphatic rings. The maximum Gasteiger partial charge on any atom is 0.280 e. The van der Waals surface area contributed by atoms with Gasteiger partial charge in [0.05, 0.1) is 41.1 Å². The van der Waals surface area contributed by atoms with Crippen molar-refractivity contribution in [3.63, 3.8) is 0 Å². The highest BCUT2D eigenvalue weighted by atomic mass is 35.5. The number of hydrogen-bond donors (Lipinski definition) is 1. The molecule has 6 aromatic rings. The first-order valence-corrected chi connectivity index (χ1v) is 20.7. The molecule has 5 aromatic carbocycles. The summed E-state index contributed by atoms with van der Waals surface area (Å²) < 4.78 is 41.5. The van der Waals surface area contributed by atoms with Crippen LogP contribution in [0.1, 0.15) is 67.8 Å². The Morgan fingerprint density at radius 2 is 1.59 bits per heavy atom. The normalized spacial score (nSPS) is 12.5. The van der Waals surface area contributed by atoms with E-state index in [0.717, 1.165) is 22.9 Å². The summed E-state index contributed by atoms with van der Waals surface area (Å²) in [5.41, 5.74) is 3.27. The van der Waals surface area contributed by atoms with Gasteiger partial charge in [-0.3, -0.25) is 14.4 Å². The van der Waals surface area contributed by atoms with Gasteiger partial charge in [0.25, 0.3) is 27.7 Å². The molecule has 1 aliphatic heterocycles. The smallest absolute Gasteiger partial charge is 0.280 e. The van der Waals surface area contributed by atoms with Gasteiger partial charge in [0.15, 0.2) is 17.2 Å². The number of sulfonamides is 1. The topological polar surface area (TPSA) is 140 Å². The van der Waals surface area contributed by atoms with E-state index in [1.54, 1.807) is 53.1 Å². The van der Waals surface area contributed by atoms with E-state index in [4.69, 9.17) is 26.2 Å². The van der Waals surface area contributed by atoms with Gasteiger partial charge in [-0.05, 0) is 84.1 Å². The number of aromatic nitrogens is 2. The zero-order valence-electron chi connectivity index (χ0n) is 32.5. The molecule has 1 N–H and O–H groups in total. The molecule has 1 aromatic heterocycles. The number of benzene rings is 5. The van der Waals surface area contributed by atoms with Crippen molar-refractivity contribution in [2.24, 2.45) is 0 Å². The number of carbonyl (C=O) groups excluding carboxylic acids is 3. The first-order valence-electron chi connectivity index (χ1n) is 18.8. The lowest BCUT2D eigenvalue weighted by Gasteiger charge is -2.29. The third-order valence-corrected chi connectivity index (χ3v) is 12.1. The second-order valence-corrected chi connectivity index (χ2v) is 16.0. The summed E-state index contributed by atoms with van der Waals surface area (Å²) in [6, 6.07) is 29.2. The van der Waals surface area contributed by atoms with E-state index in [9.17, 15) is 22.8 Å². The number of unbranched alkanes of at least 4 members (excludes halogenated alkanes) is 1. The molecular formula is C44H42ClN5O7S. The van der Waals surface area contributed by atoms with Crippen LogP contribution in [0.2, 0.25) is 5.02 Å². The Morgan fingerprint density at radius 3 is 2.33 bits per heavy atom. The lowest BCUT2D eigenvalue weighted by Crippen LogP contribution is -2.37. The van der Waals surface area contributed by atoms with E-state index in [0.29, 0.717) is 60.7 Å². The summed E-state index contributed by atoms with van der Waals surface area (Å²) >= 11 is 6.91. The van der Waals surface area contributed by atoms with Crippen LogP contribution in [0, 0.1) is 6.92 Å². The predicted molar refractivity (Wildman–Crippen MR) is 223 cm³/mol. The molecule has 0 saturated carbocycles. The molecule has 0 saturated heterocycles. The van der Waals surface area contributed by atoms with Gasteiger partial charge in [0, 0.05) is 37.0 Å². The highest BCUT2D eigenvalue weighted by Crippen LogP contribution is 2.34. The van der Waals surface area contributed by atoms with Gasteiger partial charge >= 0.3 is 0 Å². The Hall–Kier alpha value is -6.18. The quantitative estimate of drug-likeness (QED) is 0.132. The van der Waals surface area contributed by atoms with Gasteiger partial charge in [-0.1, -0.05) is 79.5 Å². The number of hydrogen-bond acceptors (Lipinski definition) is 8. The standard InChI is InChI=1S/C44H42ClN5O7S/c1-5-6-22-49(34-17-20-38(56-3)39(26-34)57-4)44(53)41-40(45)28(2)50(46-41)37-19-16-32(25-36(37)43(52)48-23-21-30-12-8-10-14-33(30)27-48)42(51)47-58(54,55)35-18-15-29-11-7-9-13-31(29)24-35/h7-20,24-26H,5-6,21-23,27H2,1-4H3,(H,47,51). The van der Waals surface area contributed by atoms with Crippen LogP contribution in [0.4, 0.5) is 5.69 Å². The van der Waals surface area contributed by atoms with Crippen molar-refractivity contribution in [2.75, 3.05) is 32.2 Å². The van der Waals surface area contributed by atoms with Crippen molar-refractivity contribution < 1.29 is 32.3 Å². The number of amides is 3. The minimum atomic E-state index is -4.30. The molecule has 0 atom stereocenters. The van der Waals surface area contributed by atoms with Gasteiger partial charge in [-0.25, -0.2) is 17.8 Å². The third-order valence-electron chi connectivity index (χ3n) is 10.3. The molecule has 2 heterocycles. The Bertz CT molecular complexity index is 2680. The van der Waals surface area contributed by atoms with Crippen molar-refractivity contribution in [2.45, 2.75) is 44.6 Å². The summed E-state index contributed by atoms with van der Waals surface area (Å²) in [4.78, 5) is 45.8. The Morgan fingerprint density at radius 1 is 0.862 bits per heavy atom. The van der Waals surface area contributed by atoms with E-state index in [1.807, 2.05) is 43.3 Å². The summed E-state index contributed by atoms with van der Waals surface area (Å²) in [7, 11) is -1.25. The molecule has 0 unspecified atom stereocenters. The number of carbonyl (C=O) groups is 3. The Labute approximate surface area is 342 Å². The third kappa shape index (κ3) is 7.87. The van der Waals surface area contributed by atoms with Crippen LogP contribution in [-0.2, 0) is 23.0 Å². The van der Waals surface area contributed by atoms with Crippen LogP contribution in [0.5, 0.6) is 11.5 Å². The number of fused-ring (bicyclic) bond motifs is 2. The number of methoxy groups -OCH3 is 2. The van der Waals surface area contributed by atoms with E-state index >= 15 is 0 Å². The highest BCUT2D eigenvalue weighted by molar-refractivity contribution is 7.90. The van der Waals surface area contributed by atoms with Gasteiger partial charge < -0.3 is 19.3 Å². The van der Waals surface area contributed by atoms with E-state index < -0.39 is 27.7 Å². The molecule has 0 radical (unpaired) electrons. The van der Waals surface area contributed by atoms with Crippen LogP contribution in [-0.4, -0.2) is 68.1 Å². The average Bonchev–Trinajstić information content (AvgIpc) is 3.55. The highest BCUT2D eigenvalue weighted by Gasteiger charge is 2.31. The number of nitrogens with one attached hydrogen (secondary N) is 1. The van der Waals surface area contributed by atoms with Gasteiger partial charge in [0.1, 0.15) is 0 Å². The maximum atomic E-state index is 14.6. The average molecular weight is 820 g/mol. The van der Waals surface area contributed by atoms with Crippen molar-refractivity contribution in [1.29, 1.82) is 0 Å². The number of ether oxygens (including phenoxy) is 2. The molecule has 12 nitrogen and oxygen atoms in total. The van der Waals surface area contributed by atoms with Crippen LogP contribution in [0.25, 0.3) is 16.5 Å². The molecule has 298 valence electrons. The van der Waals surface area contributed by atoms with Crippen molar-refractivity contribution in [3.05, 3.63) is 142 Å². The number of nitrogens with zero attached hydrogens (tertiary/aromatic N) is 4. The lowest BCUT2D eigenvalue weighted by molar-refractivity contribution is 0.0734. The number of anilines is 1. The van der Waals surface area contributed by atoms with Crippen LogP contribution in [0.15, 0.2) is 108 Å². The Balaban J connectivity index is 1.27. The van der Waals surface area contributed by atoms with Gasteiger partial charge in [-0.2, -0.15) is 5.10 Å². The van der Waals surface area contributed by atoms with E-state index in [-0.39, 0.29) is 32.4 Å². The summed E-state index contributed by atoms with van der Waals surface area (Å²) in [6.07, 6.45) is 2.12. The SMILES string of the molecule is CCCCN(C(=O)c1nn(-c2ccc(C(=O)NS(=O)(=O)c3ccc4ccccc4c3)cc2C(=O)N2CCc3ccccc3C2)c(C)c1Cl)c1ccc(OC)c(OC)c1. The zero-order chi connectivity index (χ0) is 41.1. The fraction of sp³-hybridized carbons (Fsp3) is 0.227. The Kier molecular flexibility index (Phi) is 11.6. The van der Waals surface area contributed by atoms with Crippen molar-refractivity contribution >= 4 is 55.8 Å². The van der Waals surface area contributed by atoms with Crippen LogP contribution < -0.4 is 19.1 Å². The monoisotopic (exact) mass is 819 g/mol. The number of rotatable bonds is 12. The van der Waals surface area contributed by atoms with Crippen molar-refractivity contribution in [1.82, 2.24) is 19.4 Å². The van der Waals surface area contributed by atoms with E-state index in [2.05, 4.69) is 4.72 Å². The van der Waals surface area contributed by atoms with E-state index in [1.165, 1.54) is 49.2 Å². The largest absolute Gasteiger partial charge is 0.493 e. The molecule has 0 bridgehead atoms. The van der Waals surface area contributed by atoms with Gasteiger partial charge in [-0.15, -0.1) is 0 Å². The van der Waals surface area contributed by atoms with Crippen LogP contribution in [0.3, 0.4) is 0 Å². The lowest BCUT2D eigenvalue weighted by atomic mass is 9.98. The second-order valence-electron chi connectivity index (χ2n) is 13.9. The summed E-state index contributed by atoms with van der Waals surface area (Å²) in [5.74, 6) is -0.858. The van der Waals surface area contributed by atoms with Crippen LogP contribution >= 0.6 is 11.6 Å². The predicted octanol–water partition coefficient (Wildman–Crippen LogP) is 7.77. The fourth-order valence-corrected chi connectivity index (χ4v) is 8.29. The fourth-order valence-electron chi connectivity index (χ4n) is 7.09.